The summed E-state index contributed by atoms with van der Waals surface area (Å²) >= 11 is 0. The smallest absolute Gasteiger partial charge is 0.0100 e. The molecule has 0 saturated heterocycles. The van der Waals surface area contributed by atoms with Crippen molar-refractivity contribution in [2.75, 3.05) is 0 Å². The summed E-state index contributed by atoms with van der Waals surface area (Å²) in [6.07, 6.45) is 1.05. The Labute approximate surface area is 90.5 Å². The molecule has 0 aromatic carbocycles. The molecule has 14 heavy (non-hydrogen) atoms. The molecule has 0 fully saturated rings. The molecule has 1 nitrogen and oxygen atoms in total. The first kappa shape index (κ1) is 14.0. The summed E-state index contributed by atoms with van der Waals surface area (Å²) < 4.78 is 0. The van der Waals surface area contributed by atoms with Crippen LogP contribution in [0.3, 0.4) is 0 Å². The number of hydrogen-bond donors (Lipinski definition) is 1. The van der Waals surface area contributed by atoms with E-state index in [4.69, 9.17) is 5.73 Å². The van der Waals surface area contributed by atoms with E-state index in [1.165, 1.54) is 0 Å². The Morgan fingerprint density at radius 2 is 1.14 bits per heavy atom. The summed E-state index contributed by atoms with van der Waals surface area (Å²) in [6, 6.07) is 0.266. The van der Waals surface area contributed by atoms with E-state index in [9.17, 15) is 0 Å². The summed E-state index contributed by atoms with van der Waals surface area (Å²) in [5.41, 5.74) is 6.96. The van der Waals surface area contributed by atoms with Crippen LogP contribution in [0, 0.1) is 16.2 Å². The van der Waals surface area contributed by atoms with Crippen LogP contribution in [0.1, 0.15) is 61.8 Å². The van der Waals surface area contributed by atoms with Crippen LogP contribution in [0.4, 0.5) is 0 Å². The van der Waals surface area contributed by atoms with Crippen LogP contribution in [0.2, 0.25) is 0 Å². The molecule has 1 heteroatoms. The van der Waals surface area contributed by atoms with Crippen LogP contribution in [-0.4, -0.2) is 6.04 Å². The van der Waals surface area contributed by atoms with Crippen molar-refractivity contribution in [3.63, 3.8) is 0 Å². The molecular formula is C13H29N. The summed E-state index contributed by atoms with van der Waals surface area (Å²) in [7, 11) is 0. The van der Waals surface area contributed by atoms with E-state index in [0.717, 1.165) is 6.42 Å². The highest BCUT2D eigenvalue weighted by Crippen LogP contribution is 2.53. The van der Waals surface area contributed by atoms with Gasteiger partial charge in [0.05, 0.1) is 0 Å². The quantitative estimate of drug-likeness (QED) is 0.719. The van der Waals surface area contributed by atoms with Crippen molar-refractivity contribution in [2.45, 2.75) is 67.9 Å². The normalized spacial score (nSPS) is 16.9. The fraction of sp³-hybridized carbons (Fsp3) is 1.00. The van der Waals surface area contributed by atoms with Gasteiger partial charge in [0.1, 0.15) is 0 Å². The molecule has 0 spiro atoms. The minimum Gasteiger partial charge on any atom is -0.327 e. The van der Waals surface area contributed by atoms with E-state index in [2.05, 4.69) is 55.4 Å². The fourth-order valence-corrected chi connectivity index (χ4v) is 2.65. The molecule has 0 radical (unpaired) electrons. The lowest BCUT2D eigenvalue weighted by atomic mass is 9.51. The van der Waals surface area contributed by atoms with Gasteiger partial charge in [0.25, 0.3) is 0 Å². The van der Waals surface area contributed by atoms with Crippen LogP contribution >= 0.6 is 0 Å². The summed E-state index contributed by atoms with van der Waals surface area (Å²) in [6.45, 7) is 18.3. The minimum atomic E-state index is 0.161. The molecule has 0 saturated carbocycles. The van der Waals surface area contributed by atoms with Gasteiger partial charge in [-0.25, -0.2) is 0 Å². The third-order valence-corrected chi connectivity index (χ3v) is 4.30. The average Bonchev–Trinajstić information content (AvgIpc) is 1.97. The molecule has 0 heterocycles. The zero-order chi connectivity index (χ0) is 11.8. The molecule has 1 atom stereocenters. The second-order valence-electron chi connectivity index (χ2n) is 6.72. The van der Waals surface area contributed by atoms with Crippen LogP contribution in [0.25, 0.3) is 0 Å². The van der Waals surface area contributed by atoms with E-state index in [1.54, 1.807) is 0 Å². The molecule has 0 rings (SSSR count). The molecule has 0 aromatic rings. The van der Waals surface area contributed by atoms with Crippen LogP contribution < -0.4 is 5.73 Å². The van der Waals surface area contributed by atoms with Crippen molar-refractivity contribution in [2.24, 2.45) is 22.0 Å². The van der Waals surface area contributed by atoms with Gasteiger partial charge < -0.3 is 5.73 Å². The highest BCUT2D eigenvalue weighted by molar-refractivity contribution is 5.01. The SMILES string of the molecule is CCC(N)C(C)(C(C)(C)C)C(C)(C)C. The zero-order valence-corrected chi connectivity index (χ0v) is 11.4. The third kappa shape index (κ3) is 2.13. The van der Waals surface area contributed by atoms with Gasteiger partial charge in [-0.3, -0.25) is 0 Å². The molecular weight excluding hydrogens is 170 g/mol. The van der Waals surface area contributed by atoms with Gasteiger partial charge >= 0.3 is 0 Å². The molecule has 0 aliphatic heterocycles. The van der Waals surface area contributed by atoms with E-state index in [-0.39, 0.29) is 22.3 Å². The topological polar surface area (TPSA) is 26.0 Å². The monoisotopic (exact) mass is 199 g/mol. The van der Waals surface area contributed by atoms with Gasteiger partial charge in [0.2, 0.25) is 0 Å². The number of nitrogens with two attached hydrogens (primary N) is 1. The van der Waals surface area contributed by atoms with Crippen molar-refractivity contribution in [1.29, 1.82) is 0 Å². The van der Waals surface area contributed by atoms with Crippen LogP contribution in [0.5, 0.6) is 0 Å². The summed E-state index contributed by atoms with van der Waals surface area (Å²) in [5, 5.41) is 0. The number of rotatable bonds is 2. The molecule has 0 amide bonds. The van der Waals surface area contributed by atoms with Crippen LogP contribution in [0.15, 0.2) is 0 Å². The van der Waals surface area contributed by atoms with Gasteiger partial charge in [-0.05, 0) is 22.7 Å². The van der Waals surface area contributed by atoms with Crippen molar-refractivity contribution < 1.29 is 0 Å². The lowest BCUT2D eigenvalue weighted by Gasteiger charge is -2.55. The molecule has 2 N–H and O–H groups in total. The predicted molar refractivity (Wildman–Crippen MR) is 65.3 cm³/mol. The van der Waals surface area contributed by atoms with Gasteiger partial charge in [0.15, 0.2) is 0 Å². The maximum atomic E-state index is 6.32. The largest absolute Gasteiger partial charge is 0.327 e. The van der Waals surface area contributed by atoms with Gasteiger partial charge in [-0.2, -0.15) is 0 Å². The highest BCUT2D eigenvalue weighted by Gasteiger charge is 2.49. The summed E-state index contributed by atoms with van der Waals surface area (Å²) in [5.74, 6) is 0. The van der Waals surface area contributed by atoms with Gasteiger partial charge in [-0.1, -0.05) is 55.4 Å². The Morgan fingerprint density at radius 1 is 0.857 bits per heavy atom. The first-order valence-corrected chi connectivity index (χ1v) is 5.74. The molecule has 0 aliphatic rings. The Kier molecular flexibility index (Phi) is 3.83. The van der Waals surface area contributed by atoms with E-state index in [0.29, 0.717) is 0 Å². The van der Waals surface area contributed by atoms with Crippen molar-refractivity contribution in [3.05, 3.63) is 0 Å². The Balaban J connectivity index is 5.29. The maximum Gasteiger partial charge on any atom is 0.0100 e. The van der Waals surface area contributed by atoms with Crippen LogP contribution in [-0.2, 0) is 0 Å². The predicted octanol–water partition coefficient (Wildman–Crippen LogP) is 3.82. The van der Waals surface area contributed by atoms with Crippen molar-refractivity contribution in [1.82, 2.24) is 0 Å². The maximum absolute atomic E-state index is 6.32. The molecule has 86 valence electrons. The van der Waals surface area contributed by atoms with E-state index < -0.39 is 0 Å². The Bertz CT molecular complexity index is 166. The fourth-order valence-electron chi connectivity index (χ4n) is 2.65. The Hall–Kier alpha value is -0.0400. The molecule has 0 aromatic heterocycles. The number of hydrogen-bond acceptors (Lipinski definition) is 1. The molecule has 0 aliphatic carbocycles. The van der Waals surface area contributed by atoms with Gasteiger partial charge in [-0.15, -0.1) is 0 Å². The average molecular weight is 199 g/mol. The van der Waals surface area contributed by atoms with E-state index in [1.807, 2.05) is 0 Å². The second-order valence-corrected chi connectivity index (χ2v) is 6.72. The van der Waals surface area contributed by atoms with E-state index >= 15 is 0 Å². The molecule has 1 unspecified atom stereocenters. The van der Waals surface area contributed by atoms with Gasteiger partial charge in [0, 0.05) is 6.04 Å². The lowest BCUT2D eigenvalue weighted by Crippen LogP contribution is -2.55. The minimum absolute atomic E-state index is 0.161. The second kappa shape index (κ2) is 3.84. The molecule has 0 bridgehead atoms. The third-order valence-electron chi connectivity index (χ3n) is 4.30. The summed E-state index contributed by atoms with van der Waals surface area (Å²) in [4.78, 5) is 0. The standard InChI is InChI=1S/C13H29N/c1-9-10(14)13(8,11(2,3)4)12(5,6)7/h10H,9,14H2,1-8H3. The first-order chi connectivity index (χ1) is 5.98. The van der Waals surface area contributed by atoms with Crippen molar-refractivity contribution >= 4 is 0 Å². The Morgan fingerprint density at radius 3 is 1.21 bits per heavy atom. The zero-order valence-electron chi connectivity index (χ0n) is 11.4. The highest BCUT2D eigenvalue weighted by atomic mass is 14.7. The first-order valence-electron chi connectivity index (χ1n) is 5.74. The van der Waals surface area contributed by atoms with Crippen molar-refractivity contribution in [3.8, 4) is 0 Å². The lowest BCUT2D eigenvalue weighted by molar-refractivity contribution is -0.0386.